The molecular weight excluding hydrogens is 144 g/mol. The molecule has 0 aliphatic heterocycles. The molecule has 0 fully saturated rings. The van der Waals surface area contributed by atoms with Crippen molar-refractivity contribution in [1.82, 2.24) is 0 Å². The van der Waals surface area contributed by atoms with Gasteiger partial charge >= 0.3 is 0 Å². The molecule has 12 heavy (non-hydrogen) atoms. The van der Waals surface area contributed by atoms with E-state index in [0.29, 0.717) is 0 Å². The van der Waals surface area contributed by atoms with Crippen LogP contribution in [0, 0.1) is 23.7 Å². The number of hydrogen-bond acceptors (Lipinski definition) is 0. The second-order valence-electron chi connectivity index (χ2n) is 3.42. The fourth-order valence-corrected chi connectivity index (χ4v) is 1.10. The topological polar surface area (TPSA) is 0 Å². The molecule has 0 nitrogen and oxygen atoms in total. The van der Waals surface area contributed by atoms with E-state index in [2.05, 4.69) is 37.8 Å². The van der Waals surface area contributed by atoms with Gasteiger partial charge in [-0.3, -0.25) is 0 Å². The molecule has 1 aliphatic carbocycles. The summed E-state index contributed by atoms with van der Waals surface area (Å²) in [5.74, 6) is 7.04. The predicted molar refractivity (Wildman–Crippen MR) is 55.8 cm³/mol. The zero-order chi connectivity index (χ0) is 9.40. The van der Waals surface area contributed by atoms with Gasteiger partial charge in [0.05, 0.1) is 0 Å². The molecule has 0 aromatic heterocycles. The van der Waals surface area contributed by atoms with Crippen LogP contribution in [-0.4, -0.2) is 0 Å². The third-order valence-corrected chi connectivity index (χ3v) is 2.10. The van der Waals surface area contributed by atoms with Gasteiger partial charge < -0.3 is 0 Å². The Hall–Kier alpha value is -0.700. The van der Waals surface area contributed by atoms with Crippen LogP contribution in [0.5, 0.6) is 0 Å². The summed E-state index contributed by atoms with van der Waals surface area (Å²) in [6.07, 6.45) is 7.43. The molecule has 2 unspecified atom stereocenters. The summed E-state index contributed by atoms with van der Waals surface area (Å²) >= 11 is 0. The SMILES string of the molecule is CC#CC.CC1C=CC(C)CC1. The van der Waals surface area contributed by atoms with Crippen molar-refractivity contribution in [3.63, 3.8) is 0 Å². The van der Waals surface area contributed by atoms with Gasteiger partial charge in [-0.1, -0.05) is 26.0 Å². The van der Waals surface area contributed by atoms with Gasteiger partial charge in [0.1, 0.15) is 0 Å². The lowest BCUT2D eigenvalue weighted by molar-refractivity contribution is 0.502. The van der Waals surface area contributed by atoms with Crippen LogP contribution in [-0.2, 0) is 0 Å². The van der Waals surface area contributed by atoms with E-state index in [9.17, 15) is 0 Å². The van der Waals surface area contributed by atoms with Crippen molar-refractivity contribution >= 4 is 0 Å². The van der Waals surface area contributed by atoms with Crippen LogP contribution in [0.4, 0.5) is 0 Å². The van der Waals surface area contributed by atoms with E-state index in [0.717, 1.165) is 11.8 Å². The van der Waals surface area contributed by atoms with Gasteiger partial charge in [0.2, 0.25) is 0 Å². The van der Waals surface area contributed by atoms with Crippen molar-refractivity contribution in [3.05, 3.63) is 12.2 Å². The lowest BCUT2D eigenvalue weighted by Gasteiger charge is -2.15. The van der Waals surface area contributed by atoms with Crippen molar-refractivity contribution in [2.45, 2.75) is 40.5 Å². The van der Waals surface area contributed by atoms with Crippen LogP contribution in [0.1, 0.15) is 40.5 Å². The van der Waals surface area contributed by atoms with Crippen molar-refractivity contribution in [1.29, 1.82) is 0 Å². The highest BCUT2D eigenvalue weighted by molar-refractivity contribution is 4.94. The van der Waals surface area contributed by atoms with Gasteiger partial charge in [-0.15, -0.1) is 11.8 Å². The first-order valence-electron chi connectivity index (χ1n) is 4.72. The molecule has 0 saturated carbocycles. The first-order valence-corrected chi connectivity index (χ1v) is 4.72. The first-order chi connectivity index (χ1) is 5.70. The first kappa shape index (κ1) is 11.3. The molecule has 0 N–H and O–H groups in total. The Morgan fingerprint density at radius 3 is 1.42 bits per heavy atom. The summed E-state index contributed by atoms with van der Waals surface area (Å²) < 4.78 is 0. The Bertz CT molecular complexity index is 160. The third kappa shape index (κ3) is 6.04. The smallest absolute Gasteiger partial charge is 0.00271 e. The maximum Gasteiger partial charge on any atom is -0.00271 e. The van der Waals surface area contributed by atoms with Crippen molar-refractivity contribution in [2.75, 3.05) is 0 Å². The van der Waals surface area contributed by atoms with Crippen molar-refractivity contribution < 1.29 is 0 Å². The van der Waals surface area contributed by atoms with E-state index in [1.807, 2.05) is 13.8 Å². The molecule has 0 aromatic carbocycles. The average Bonchev–Trinajstić information content (AvgIpc) is 2.11. The van der Waals surface area contributed by atoms with Crippen LogP contribution in [0.2, 0.25) is 0 Å². The van der Waals surface area contributed by atoms with E-state index >= 15 is 0 Å². The van der Waals surface area contributed by atoms with Crippen LogP contribution in [0.3, 0.4) is 0 Å². The monoisotopic (exact) mass is 164 g/mol. The Kier molecular flexibility index (Phi) is 6.57. The predicted octanol–water partition coefficient (Wildman–Crippen LogP) is 3.64. The molecule has 0 heterocycles. The minimum Gasteiger partial charge on any atom is -0.107 e. The molecule has 0 amide bonds. The molecular formula is C12H20. The number of rotatable bonds is 0. The normalized spacial score (nSPS) is 26.3. The lowest BCUT2D eigenvalue weighted by Crippen LogP contribution is -2.01. The van der Waals surface area contributed by atoms with E-state index < -0.39 is 0 Å². The minimum absolute atomic E-state index is 0.839. The van der Waals surface area contributed by atoms with Crippen LogP contribution < -0.4 is 0 Å². The van der Waals surface area contributed by atoms with E-state index in [4.69, 9.17) is 0 Å². The second kappa shape index (κ2) is 6.98. The van der Waals surface area contributed by atoms with Gasteiger partial charge in [0.15, 0.2) is 0 Å². The highest BCUT2D eigenvalue weighted by Crippen LogP contribution is 2.20. The Balaban J connectivity index is 0.000000261. The summed E-state index contributed by atoms with van der Waals surface area (Å²) in [5, 5.41) is 0. The quantitative estimate of drug-likeness (QED) is 0.379. The highest BCUT2D eigenvalue weighted by atomic mass is 14.1. The molecule has 2 atom stereocenters. The molecule has 1 aliphatic rings. The van der Waals surface area contributed by atoms with E-state index in [1.54, 1.807) is 0 Å². The molecule has 0 saturated heterocycles. The van der Waals surface area contributed by atoms with Crippen molar-refractivity contribution in [3.8, 4) is 11.8 Å². The maximum absolute atomic E-state index is 2.68. The standard InChI is InChI=1S/C8H14.C4H6/c1-7-3-5-8(2)6-4-7;1-3-4-2/h3,5,7-8H,4,6H2,1-2H3;1-2H3. The highest BCUT2D eigenvalue weighted by Gasteiger charge is 2.06. The lowest BCUT2D eigenvalue weighted by atomic mass is 9.91. The summed E-state index contributed by atoms with van der Waals surface area (Å²) in [6.45, 7) is 8.20. The number of allylic oxidation sites excluding steroid dienone is 2. The molecule has 0 heteroatoms. The fourth-order valence-electron chi connectivity index (χ4n) is 1.10. The van der Waals surface area contributed by atoms with Crippen LogP contribution >= 0.6 is 0 Å². The largest absolute Gasteiger partial charge is 0.107 e. The Morgan fingerprint density at radius 1 is 0.917 bits per heavy atom. The summed E-state index contributed by atoms with van der Waals surface area (Å²) in [7, 11) is 0. The Morgan fingerprint density at radius 2 is 1.25 bits per heavy atom. The maximum atomic E-state index is 2.68. The molecule has 0 radical (unpaired) electrons. The van der Waals surface area contributed by atoms with Crippen LogP contribution in [0.15, 0.2) is 12.2 Å². The zero-order valence-electron chi connectivity index (χ0n) is 8.72. The fraction of sp³-hybridized carbons (Fsp3) is 0.667. The van der Waals surface area contributed by atoms with Gasteiger partial charge in [0, 0.05) is 0 Å². The second-order valence-corrected chi connectivity index (χ2v) is 3.42. The average molecular weight is 164 g/mol. The van der Waals surface area contributed by atoms with Crippen LogP contribution in [0.25, 0.3) is 0 Å². The third-order valence-electron chi connectivity index (χ3n) is 2.10. The van der Waals surface area contributed by atoms with E-state index in [1.165, 1.54) is 12.8 Å². The Labute approximate surface area is 77.1 Å². The van der Waals surface area contributed by atoms with E-state index in [-0.39, 0.29) is 0 Å². The molecule has 0 bridgehead atoms. The summed E-state index contributed by atoms with van der Waals surface area (Å²) in [5.41, 5.74) is 0. The summed E-state index contributed by atoms with van der Waals surface area (Å²) in [6, 6.07) is 0. The van der Waals surface area contributed by atoms with Gasteiger partial charge in [-0.25, -0.2) is 0 Å². The molecule has 0 spiro atoms. The van der Waals surface area contributed by atoms with Crippen molar-refractivity contribution in [2.24, 2.45) is 11.8 Å². The minimum atomic E-state index is 0.839. The molecule has 0 aromatic rings. The summed E-state index contributed by atoms with van der Waals surface area (Å²) in [4.78, 5) is 0. The molecule has 68 valence electrons. The zero-order valence-corrected chi connectivity index (χ0v) is 8.72. The van der Waals surface area contributed by atoms with Gasteiger partial charge in [0.25, 0.3) is 0 Å². The number of hydrogen-bond donors (Lipinski definition) is 0. The molecule has 1 rings (SSSR count). The van der Waals surface area contributed by atoms with Gasteiger partial charge in [-0.2, -0.15) is 0 Å². The van der Waals surface area contributed by atoms with Gasteiger partial charge in [-0.05, 0) is 38.5 Å².